The predicted molar refractivity (Wildman–Crippen MR) is 159 cm³/mol. The van der Waals surface area contributed by atoms with Crippen LogP contribution >= 0.6 is 0 Å². The number of allylic oxidation sites excluding steroid dienone is 3. The molecule has 5 nitrogen and oxygen atoms in total. The molecule has 4 aliphatic rings. The monoisotopic (exact) mass is 547 g/mol. The molecular formula is C35H49NO4. The van der Waals surface area contributed by atoms with Gasteiger partial charge in [0.2, 0.25) is 0 Å². The molecule has 5 rings (SSSR count). The number of benzene rings is 1. The van der Waals surface area contributed by atoms with Gasteiger partial charge < -0.3 is 20.2 Å². The Labute approximate surface area is 240 Å². The summed E-state index contributed by atoms with van der Waals surface area (Å²) >= 11 is 0. The molecule has 1 aromatic carbocycles. The molecule has 218 valence electrons. The molecule has 3 N–H and O–H groups in total. The fraction of sp³-hybridized carbons (Fsp3) is 0.629. The van der Waals surface area contributed by atoms with E-state index in [2.05, 4.69) is 37.8 Å². The third kappa shape index (κ3) is 5.75. The van der Waals surface area contributed by atoms with E-state index < -0.39 is 17.8 Å². The van der Waals surface area contributed by atoms with Crippen molar-refractivity contribution in [1.82, 2.24) is 4.90 Å². The Bertz CT molecular complexity index is 1140. The van der Waals surface area contributed by atoms with Gasteiger partial charge in [-0.15, -0.1) is 0 Å². The minimum absolute atomic E-state index is 0.0667. The van der Waals surface area contributed by atoms with Crippen LogP contribution in [0.3, 0.4) is 0 Å². The van der Waals surface area contributed by atoms with Gasteiger partial charge in [-0.05, 0) is 91.7 Å². The lowest BCUT2D eigenvalue weighted by atomic mass is 9.62. The first-order chi connectivity index (χ1) is 19.1. The first-order valence-electron chi connectivity index (χ1n) is 15.7. The number of aliphatic hydroxyl groups excluding tert-OH is 2. The highest BCUT2D eigenvalue weighted by molar-refractivity contribution is 5.87. The van der Waals surface area contributed by atoms with Crippen LogP contribution < -0.4 is 0 Å². The van der Waals surface area contributed by atoms with E-state index in [-0.39, 0.29) is 17.4 Å². The first kappa shape index (κ1) is 29.3. The van der Waals surface area contributed by atoms with Crippen LogP contribution in [0.15, 0.2) is 65.8 Å². The van der Waals surface area contributed by atoms with Gasteiger partial charge in [0.05, 0.1) is 12.2 Å². The van der Waals surface area contributed by atoms with Crippen LogP contribution in [0.2, 0.25) is 0 Å². The van der Waals surface area contributed by atoms with Crippen LogP contribution in [-0.4, -0.2) is 56.5 Å². The number of amides is 1. The molecule has 1 amide bonds. The van der Waals surface area contributed by atoms with Crippen molar-refractivity contribution in [2.24, 2.45) is 17.3 Å². The molecule has 3 aliphatic carbocycles. The van der Waals surface area contributed by atoms with Gasteiger partial charge in [-0.1, -0.05) is 74.9 Å². The number of hydrogen-bond acceptors (Lipinski definition) is 4. The molecule has 1 aliphatic heterocycles. The molecule has 0 radical (unpaired) electrons. The molecule has 1 heterocycles. The number of aliphatic hydroxyl groups is 3. The van der Waals surface area contributed by atoms with Gasteiger partial charge in [0.15, 0.2) is 0 Å². The van der Waals surface area contributed by atoms with Crippen molar-refractivity contribution in [1.29, 1.82) is 0 Å². The smallest absolute Gasteiger partial charge is 0.254 e. The number of fused-ring (bicyclic) bond motifs is 1. The van der Waals surface area contributed by atoms with Crippen LogP contribution in [-0.2, 0) is 11.2 Å². The topological polar surface area (TPSA) is 81.0 Å². The van der Waals surface area contributed by atoms with Gasteiger partial charge in [0.25, 0.3) is 5.91 Å². The van der Waals surface area contributed by atoms with Crippen molar-refractivity contribution >= 4 is 5.91 Å². The minimum atomic E-state index is -1.23. The number of likely N-dealkylation sites (tertiary alicyclic amines) is 1. The SMILES string of the molecule is C=C1/C(=C\C=C2/CCC[C@]3(C)C(CC4CC(O)(CCC)C(=O)N4CCc4ccccc4)CC[C@@H]23)C[C@@H](O)C[C@@H]1O. The lowest BCUT2D eigenvalue weighted by molar-refractivity contribution is -0.144. The Kier molecular flexibility index (Phi) is 8.75. The second-order valence-corrected chi connectivity index (χ2v) is 13.4. The zero-order chi connectivity index (χ0) is 28.5. The molecular weight excluding hydrogens is 498 g/mol. The van der Waals surface area contributed by atoms with E-state index in [0.29, 0.717) is 44.1 Å². The summed E-state index contributed by atoms with van der Waals surface area (Å²) in [6.07, 6.45) is 13.5. The van der Waals surface area contributed by atoms with E-state index in [9.17, 15) is 20.1 Å². The van der Waals surface area contributed by atoms with Gasteiger partial charge in [-0.25, -0.2) is 0 Å². The van der Waals surface area contributed by atoms with Crippen molar-refractivity contribution in [3.05, 3.63) is 71.3 Å². The van der Waals surface area contributed by atoms with Crippen molar-refractivity contribution in [3.63, 3.8) is 0 Å². The average Bonchev–Trinajstić information content (AvgIpc) is 3.38. The lowest BCUT2D eigenvalue weighted by Gasteiger charge is -2.43. The average molecular weight is 548 g/mol. The second kappa shape index (κ2) is 12.0. The Hall–Kier alpha value is -2.21. The molecule has 1 saturated heterocycles. The van der Waals surface area contributed by atoms with Gasteiger partial charge in [0.1, 0.15) is 5.60 Å². The highest BCUT2D eigenvalue weighted by Crippen LogP contribution is 2.59. The maximum absolute atomic E-state index is 13.6. The van der Waals surface area contributed by atoms with Crippen molar-refractivity contribution in [2.75, 3.05) is 6.54 Å². The van der Waals surface area contributed by atoms with Crippen molar-refractivity contribution < 1.29 is 20.1 Å². The van der Waals surface area contributed by atoms with Crippen molar-refractivity contribution in [3.8, 4) is 0 Å². The summed E-state index contributed by atoms with van der Waals surface area (Å²) in [5.74, 6) is 0.963. The Morgan fingerprint density at radius 3 is 2.67 bits per heavy atom. The maximum Gasteiger partial charge on any atom is 0.254 e. The Balaban J connectivity index is 1.32. The summed E-state index contributed by atoms with van der Waals surface area (Å²) in [6, 6.07) is 10.4. The third-order valence-corrected chi connectivity index (χ3v) is 10.8. The van der Waals surface area contributed by atoms with Crippen LogP contribution in [0, 0.1) is 17.3 Å². The second-order valence-electron chi connectivity index (χ2n) is 13.4. The minimum Gasteiger partial charge on any atom is -0.393 e. The largest absolute Gasteiger partial charge is 0.393 e. The van der Waals surface area contributed by atoms with Crippen LogP contribution in [0.4, 0.5) is 0 Å². The molecule has 3 saturated carbocycles. The van der Waals surface area contributed by atoms with Crippen LogP contribution in [0.1, 0.15) is 90.0 Å². The molecule has 0 bridgehead atoms. The number of carbonyl (C=O) groups is 1. The van der Waals surface area contributed by atoms with Crippen molar-refractivity contribution in [2.45, 2.75) is 115 Å². The summed E-state index contributed by atoms with van der Waals surface area (Å²) in [4.78, 5) is 15.6. The summed E-state index contributed by atoms with van der Waals surface area (Å²) in [7, 11) is 0. The zero-order valence-corrected chi connectivity index (χ0v) is 24.5. The molecule has 0 spiro atoms. The first-order valence-corrected chi connectivity index (χ1v) is 15.7. The summed E-state index contributed by atoms with van der Waals surface area (Å²) in [6.45, 7) is 9.26. The summed E-state index contributed by atoms with van der Waals surface area (Å²) in [5.41, 5.74) is 3.38. The molecule has 3 unspecified atom stereocenters. The van der Waals surface area contributed by atoms with Gasteiger partial charge >= 0.3 is 0 Å². The maximum atomic E-state index is 13.6. The molecule has 40 heavy (non-hydrogen) atoms. The highest BCUT2D eigenvalue weighted by Gasteiger charge is 2.54. The van der Waals surface area contributed by atoms with E-state index in [1.54, 1.807) is 0 Å². The zero-order valence-electron chi connectivity index (χ0n) is 24.5. The number of carbonyl (C=O) groups excluding carboxylic acids is 1. The molecule has 0 aromatic heterocycles. The molecule has 5 heteroatoms. The Morgan fingerprint density at radius 2 is 1.93 bits per heavy atom. The summed E-state index contributed by atoms with van der Waals surface area (Å²) in [5, 5.41) is 31.8. The predicted octanol–water partition coefficient (Wildman–Crippen LogP) is 5.89. The van der Waals surface area contributed by atoms with Gasteiger partial charge in [-0.3, -0.25) is 4.79 Å². The fourth-order valence-electron chi connectivity index (χ4n) is 8.56. The van der Waals surface area contributed by atoms with Gasteiger partial charge in [0, 0.05) is 25.4 Å². The normalized spacial score (nSPS) is 38.4. The number of nitrogens with zero attached hydrogens (tertiary/aromatic N) is 1. The van der Waals surface area contributed by atoms with Crippen LogP contribution in [0.5, 0.6) is 0 Å². The quantitative estimate of drug-likeness (QED) is 0.379. The molecule has 1 aromatic rings. The molecule has 7 atom stereocenters. The standard InChI is InChI=1S/C35H49NO4/c1-4-17-35(40)23-29(36(33(35)39)19-16-25-9-6-5-7-10-25)21-28-14-15-31-26(11-8-18-34(28,31)3)12-13-27-20-30(37)22-32(38)24(27)2/h5-7,9-10,12-13,28-32,37-38,40H,2,4,8,11,14-23H2,1,3H3/b26-12+,27-13-/t28?,29?,30-,31+,32+,34-,35?/m1/s1. The third-order valence-electron chi connectivity index (χ3n) is 10.8. The number of hydrogen-bond donors (Lipinski definition) is 3. The van der Waals surface area contributed by atoms with E-state index in [4.69, 9.17) is 0 Å². The van der Waals surface area contributed by atoms with Crippen LogP contribution in [0.25, 0.3) is 0 Å². The van der Waals surface area contributed by atoms with E-state index in [0.717, 1.165) is 56.1 Å². The van der Waals surface area contributed by atoms with E-state index in [1.807, 2.05) is 30.0 Å². The van der Waals surface area contributed by atoms with E-state index >= 15 is 0 Å². The molecule has 4 fully saturated rings. The highest BCUT2D eigenvalue weighted by atomic mass is 16.3. The fourth-order valence-corrected chi connectivity index (χ4v) is 8.56. The number of rotatable bonds is 8. The van der Waals surface area contributed by atoms with E-state index in [1.165, 1.54) is 17.6 Å². The van der Waals surface area contributed by atoms with Gasteiger partial charge in [-0.2, -0.15) is 0 Å². The summed E-state index contributed by atoms with van der Waals surface area (Å²) < 4.78 is 0. The lowest BCUT2D eigenvalue weighted by Crippen LogP contribution is -2.42. The Morgan fingerprint density at radius 1 is 1.15 bits per heavy atom.